The maximum absolute atomic E-state index is 13.2. The van der Waals surface area contributed by atoms with Crippen LogP contribution in [0.1, 0.15) is 17.0 Å². The molecule has 0 aliphatic carbocycles. The van der Waals surface area contributed by atoms with Gasteiger partial charge >= 0.3 is 0 Å². The number of nitrogens with zero attached hydrogens (tertiary/aromatic N) is 4. The molecular formula is C20H17FN4O. The predicted molar refractivity (Wildman–Crippen MR) is 98.6 cm³/mol. The topological polar surface area (TPSA) is 52.7 Å². The Bertz CT molecular complexity index is 1190. The minimum absolute atomic E-state index is 0.172. The first-order chi connectivity index (χ1) is 12.5. The van der Waals surface area contributed by atoms with Crippen molar-refractivity contribution in [3.63, 3.8) is 0 Å². The van der Waals surface area contributed by atoms with E-state index in [4.69, 9.17) is 0 Å². The van der Waals surface area contributed by atoms with Crippen LogP contribution in [0.5, 0.6) is 0 Å². The summed E-state index contributed by atoms with van der Waals surface area (Å²) in [5, 5.41) is 4.71. The van der Waals surface area contributed by atoms with E-state index in [0.29, 0.717) is 22.5 Å². The largest absolute Gasteiger partial charge is 0.269 e. The highest BCUT2D eigenvalue weighted by molar-refractivity contribution is 5.76. The lowest BCUT2D eigenvalue weighted by atomic mass is 10.1. The van der Waals surface area contributed by atoms with Crippen LogP contribution in [0, 0.1) is 26.6 Å². The van der Waals surface area contributed by atoms with Crippen molar-refractivity contribution in [1.29, 1.82) is 0 Å². The standard InChI is InChI=1S/C20H17FN4O/c1-12-4-5-13(2)18(10-12)24-14(3)23-19-17(20(24)26)11-22-25(19)16-8-6-15(21)7-9-16/h4-11H,1-3H3. The number of aromatic nitrogens is 4. The van der Waals surface area contributed by atoms with Crippen molar-refractivity contribution < 1.29 is 4.39 Å². The summed E-state index contributed by atoms with van der Waals surface area (Å²) < 4.78 is 16.3. The first-order valence-corrected chi connectivity index (χ1v) is 8.26. The molecule has 130 valence electrons. The summed E-state index contributed by atoms with van der Waals surface area (Å²) in [4.78, 5) is 17.7. The van der Waals surface area contributed by atoms with E-state index in [1.165, 1.54) is 18.3 Å². The molecule has 0 N–H and O–H groups in total. The van der Waals surface area contributed by atoms with Crippen molar-refractivity contribution in [2.45, 2.75) is 20.8 Å². The summed E-state index contributed by atoms with van der Waals surface area (Å²) in [6.07, 6.45) is 1.51. The molecule has 0 atom stereocenters. The highest BCUT2D eigenvalue weighted by Crippen LogP contribution is 2.19. The molecule has 0 saturated carbocycles. The van der Waals surface area contributed by atoms with Gasteiger partial charge in [0.25, 0.3) is 5.56 Å². The van der Waals surface area contributed by atoms with Crippen LogP contribution >= 0.6 is 0 Å². The monoisotopic (exact) mass is 348 g/mol. The van der Waals surface area contributed by atoms with Gasteiger partial charge in [0.15, 0.2) is 5.65 Å². The Hall–Kier alpha value is -3.28. The summed E-state index contributed by atoms with van der Waals surface area (Å²) in [7, 11) is 0. The third-order valence-corrected chi connectivity index (χ3v) is 4.45. The average molecular weight is 348 g/mol. The molecule has 0 spiro atoms. The number of aryl methyl sites for hydroxylation is 3. The molecule has 0 aliphatic heterocycles. The van der Waals surface area contributed by atoms with Crippen molar-refractivity contribution in [2.24, 2.45) is 0 Å². The Kier molecular flexibility index (Phi) is 3.68. The SMILES string of the molecule is Cc1ccc(C)c(-n2c(C)nc3c(cnn3-c3ccc(F)cc3)c2=O)c1. The van der Waals surface area contributed by atoms with Gasteiger partial charge in [-0.2, -0.15) is 5.10 Å². The van der Waals surface area contributed by atoms with Crippen molar-refractivity contribution >= 4 is 11.0 Å². The molecule has 0 fully saturated rings. The fraction of sp³-hybridized carbons (Fsp3) is 0.150. The van der Waals surface area contributed by atoms with E-state index in [1.807, 2.05) is 32.0 Å². The van der Waals surface area contributed by atoms with Crippen LogP contribution in [0.15, 0.2) is 53.5 Å². The van der Waals surface area contributed by atoms with E-state index >= 15 is 0 Å². The Balaban J connectivity index is 1.98. The number of halogens is 1. The summed E-state index contributed by atoms with van der Waals surface area (Å²) in [6.45, 7) is 5.75. The molecule has 0 saturated heterocycles. The molecule has 2 heterocycles. The molecule has 2 aromatic heterocycles. The van der Waals surface area contributed by atoms with Crippen LogP contribution in [-0.2, 0) is 0 Å². The van der Waals surface area contributed by atoms with Crippen LogP contribution in [0.3, 0.4) is 0 Å². The second kappa shape index (κ2) is 5.91. The van der Waals surface area contributed by atoms with Crippen LogP contribution in [0.4, 0.5) is 4.39 Å². The van der Waals surface area contributed by atoms with E-state index in [-0.39, 0.29) is 11.4 Å². The molecule has 26 heavy (non-hydrogen) atoms. The Morgan fingerprint density at radius 2 is 1.73 bits per heavy atom. The second-order valence-electron chi connectivity index (χ2n) is 6.36. The number of rotatable bonds is 2. The maximum atomic E-state index is 13.2. The molecule has 5 nitrogen and oxygen atoms in total. The normalized spacial score (nSPS) is 11.2. The molecule has 4 aromatic rings. The molecule has 0 aliphatic rings. The fourth-order valence-electron chi connectivity index (χ4n) is 3.09. The Morgan fingerprint density at radius 1 is 1.00 bits per heavy atom. The van der Waals surface area contributed by atoms with E-state index < -0.39 is 0 Å². The zero-order valence-electron chi connectivity index (χ0n) is 14.7. The molecule has 0 unspecified atom stereocenters. The van der Waals surface area contributed by atoms with Gasteiger partial charge in [-0.1, -0.05) is 12.1 Å². The molecule has 6 heteroatoms. The van der Waals surface area contributed by atoms with Crippen molar-refractivity contribution in [3.8, 4) is 11.4 Å². The number of benzene rings is 2. The van der Waals surface area contributed by atoms with Gasteiger partial charge in [-0.05, 0) is 62.2 Å². The third-order valence-electron chi connectivity index (χ3n) is 4.45. The maximum Gasteiger partial charge on any atom is 0.269 e. The Labute approximate surface area is 149 Å². The smallest absolute Gasteiger partial charge is 0.268 e. The highest BCUT2D eigenvalue weighted by Gasteiger charge is 2.16. The van der Waals surface area contributed by atoms with Crippen molar-refractivity contribution in [2.75, 3.05) is 0 Å². The molecule has 0 bridgehead atoms. The summed E-state index contributed by atoms with van der Waals surface area (Å²) >= 11 is 0. The van der Waals surface area contributed by atoms with E-state index in [9.17, 15) is 9.18 Å². The lowest BCUT2D eigenvalue weighted by Gasteiger charge is -2.13. The molecule has 4 rings (SSSR count). The minimum atomic E-state index is -0.327. The predicted octanol–water partition coefficient (Wildman–Crippen LogP) is 3.64. The fourth-order valence-corrected chi connectivity index (χ4v) is 3.09. The summed E-state index contributed by atoms with van der Waals surface area (Å²) in [5.74, 6) is 0.242. The van der Waals surface area contributed by atoms with Crippen LogP contribution in [0.25, 0.3) is 22.4 Å². The van der Waals surface area contributed by atoms with Crippen LogP contribution in [-0.4, -0.2) is 19.3 Å². The first kappa shape index (κ1) is 16.2. The number of hydrogen-bond donors (Lipinski definition) is 0. The number of hydrogen-bond acceptors (Lipinski definition) is 3. The zero-order valence-corrected chi connectivity index (χ0v) is 14.7. The lowest BCUT2D eigenvalue weighted by Crippen LogP contribution is -2.23. The molecular weight excluding hydrogens is 331 g/mol. The highest BCUT2D eigenvalue weighted by atomic mass is 19.1. The van der Waals surface area contributed by atoms with Gasteiger partial charge in [-0.25, -0.2) is 14.1 Å². The van der Waals surface area contributed by atoms with Gasteiger partial charge in [0.1, 0.15) is 17.0 Å². The van der Waals surface area contributed by atoms with Gasteiger partial charge in [0.05, 0.1) is 17.6 Å². The van der Waals surface area contributed by atoms with Crippen LogP contribution in [0.2, 0.25) is 0 Å². The van der Waals surface area contributed by atoms with Gasteiger partial charge in [-0.15, -0.1) is 0 Å². The van der Waals surface area contributed by atoms with E-state index in [2.05, 4.69) is 10.1 Å². The quantitative estimate of drug-likeness (QED) is 0.556. The average Bonchev–Trinajstić information content (AvgIpc) is 3.02. The second-order valence-corrected chi connectivity index (χ2v) is 6.36. The van der Waals surface area contributed by atoms with Gasteiger partial charge in [0.2, 0.25) is 0 Å². The zero-order chi connectivity index (χ0) is 18.4. The molecule has 0 radical (unpaired) electrons. The minimum Gasteiger partial charge on any atom is -0.268 e. The van der Waals surface area contributed by atoms with Gasteiger partial charge < -0.3 is 0 Å². The molecule has 2 aromatic carbocycles. The van der Waals surface area contributed by atoms with E-state index in [0.717, 1.165) is 16.8 Å². The van der Waals surface area contributed by atoms with Gasteiger partial charge in [-0.3, -0.25) is 9.36 Å². The van der Waals surface area contributed by atoms with Gasteiger partial charge in [0, 0.05) is 0 Å². The van der Waals surface area contributed by atoms with Crippen molar-refractivity contribution in [1.82, 2.24) is 19.3 Å². The third kappa shape index (κ3) is 2.50. The first-order valence-electron chi connectivity index (χ1n) is 8.26. The summed E-state index contributed by atoms with van der Waals surface area (Å²) in [6, 6.07) is 11.9. The molecule has 0 amide bonds. The Morgan fingerprint density at radius 3 is 2.46 bits per heavy atom. The van der Waals surface area contributed by atoms with Crippen molar-refractivity contribution in [3.05, 3.63) is 81.8 Å². The lowest BCUT2D eigenvalue weighted by molar-refractivity contribution is 0.627. The summed E-state index contributed by atoms with van der Waals surface area (Å²) in [5.41, 5.74) is 3.82. The number of fused-ring (bicyclic) bond motifs is 1. The van der Waals surface area contributed by atoms with E-state index in [1.54, 1.807) is 28.3 Å². The van der Waals surface area contributed by atoms with Crippen LogP contribution < -0.4 is 5.56 Å².